The van der Waals surface area contributed by atoms with E-state index < -0.39 is 39.6 Å². The van der Waals surface area contributed by atoms with Gasteiger partial charge in [-0.05, 0) is 6.92 Å². The molecule has 0 saturated carbocycles. The molecule has 2 atom stereocenters. The van der Waals surface area contributed by atoms with Gasteiger partial charge in [-0.3, -0.25) is 14.1 Å². The van der Waals surface area contributed by atoms with E-state index in [0.29, 0.717) is 0 Å². The van der Waals surface area contributed by atoms with Gasteiger partial charge in [-0.2, -0.15) is 8.42 Å². The molecule has 10 heteroatoms. The highest BCUT2D eigenvalue weighted by molar-refractivity contribution is 7.85. The van der Waals surface area contributed by atoms with Gasteiger partial charge in [-0.1, -0.05) is 0 Å². The number of aliphatic hydroxyl groups excluding tert-OH is 1. The maximum atomic E-state index is 12.5. The van der Waals surface area contributed by atoms with Crippen LogP contribution in [0.3, 0.4) is 0 Å². The van der Waals surface area contributed by atoms with Crippen LogP contribution in [0.1, 0.15) is 45.1 Å². The van der Waals surface area contributed by atoms with Crippen LogP contribution in [0.4, 0.5) is 0 Å². The molecule has 0 bridgehead atoms. The Morgan fingerprint density at radius 3 is 2.48 bits per heavy atom. The minimum atomic E-state index is -4.50. The molecule has 23 heavy (non-hydrogen) atoms. The molecule has 3 rings (SSSR count). The normalized spacial score (nSPS) is 24.2. The van der Waals surface area contributed by atoms with E-state index in [1.54, 1.807) is 0 Å². The summed E-state index contributed by atoms with van der Waals surface area (Å²) in [5.74, 6) is -2.13. The van der Waals surface area contributed by atoms with E-state index in [0.717, 1.165) is 0 Å². The van der Waals surface area contributed by atoms with Crippen LogP contribution in [0.2, 0.25) is 0 Å². The number of ketones is 2. The monoisotopic (exact) mass is 341 g/mol. The molecular formula is C13H15N3O6S. The van der Waals surface area contributed by atoms with E-state index in [9.17, 15) is 23.1 Å². The summed E-state index contributed by atoms with van der Waals surface area (Å²) in [5.41, 5.74) is 10.9. The van der Waals surface area contributed by atoms with Crippen molar-refractivity contribution in [3.8, 4) is 0 Å². The molecule has 2 aliphatic rings. The van der Waals surface area contributed by atoms with Gasteiger partial charge in [-0.25, -0.2) is 0 Å². The molecular weight excluding hydrogens is 326 g/mol. The number of hydrogen-bond acceptors (Lipinski definition) is 7. The summed E-state index contributed by atoms with van der Waals surface area (Å²) >= 11 is 0. The molecule has 0 saturated heterocycles. The summed E-state index contributed by atoms with van der Waals surface area (Å²) in [6, 6.07) is -0.748. The Morgan fingerprint density at radius 2 is 1.91 bits per heavy atom. The number of nitrogens with two attached hydrogens (primary N) is 2. The summed E-state index contributed by atoms with van der Waals surface area (Å²) in [6.07, 6.45) is -1.25. The van der Waals surface area contributed by atoms with Crippen molar-refractivity contribution in [2.75, 3.05) is 0 Å². The first-order valence-electron chi connectivity index (χ1n) is 6.74. The molecule has 1 aliphatic carbocycles. The van der Waals surface area contributed by atoms with Crippen LogP contribution in [0.25, 0.3) is 0 Å². The van der Waals surface area contributed by atoms with Crippen molar-refractivity contribution < 1.29 is 27.7 Å². The highest BCUT2D eigenvalue weighted by Crippen LogP contribution is 2.39. The molecule has 0 amide bonds. The molecule has 0 fully saturated rings. The second kappa shape index (κ2) is 4.74. The first-order valence-corrected chi connectivity index (χ1v) is 8.35. The number of rotatable bonds is 2. The maximum Gasteiger partial charge on any atom is 0.269 e. The Hall–Kier alpha value is -2.01. The van der Waals surface area contributed by atoms with Gasteiger partial charge in [0.2, 0.25) is 11.6 Å². The van der Waals surface area contributed by atoms with Crippen molar-refractivity contribution >= 4 is 21.7 Å². The number of allylic oxidation sites excluding steroid dienone is 2. The van der Waals surface area contributed by atoms with Gasteiger partial charge in [0.05, 0.1) is 23.0 Å². The van der Waals surface area contributed by atoms with Gasteiger partial charge in [0.25, 0.3) is 10.1 Å². The van der Waals surface area contributed by atoms with E-state index in [2.05, 4.69) is 0 Å². The van der Waals surface area contributed by atoms with Gasteiger partial charge in [0, 0.05) is 17.7 Å². The lowest BCUT2D eigenvalue weighted by Gasteiger charge is -2.17. The molecule has 0 unspecified atom stereocenters. The number of hydrogen-bond donors (Lipinski definition) is 4. The summed E-state index contributed by atoms with van der Waals surface area (Å²) in [6.45, 7) is 1.45. The average Bonchev–Trinajstić information content (AvgIpc) is 2.89. The Bertz CT molecular complexity index is 895. The van der Waals surface area contributed by atoms with Gasteiger partial charge >= 0.3 is 0 Å². The number of fused-ring (bicyclic) bond motifs is 3. The van der Waals surface area contributed by atoms with Crippen LogP contribution in [-0.4, -0.2) is 40.3 Å². The molecule has 9 nitrogen and oxygen atoms in total. The lowest BCUT2D eigenvalue weighted by atomic mass is 9.90. The van der Waals surface area contributed by atoms with Crippen molar-refractivity contribution in [1.29, 1.82) is 0 Å². The topological polar surface area (TPSA) is 166 Å². The smallest absolute Gasteiger partial charge is 0.269 e. The number of aromatic nitrogens is 1. The van der Waals surface area contributed by atoms with Crippen LogP contribution < -0.4 is 11.5 Å². The molecule has 0 spiro atoms. The van der Waals surface area contributed by atoms with E-state index in [-0.39, 0.29) is 40.3 Å². The SMILES string of the molecule is CC1=C(N)C(=O)c2c(CS(=O)(=O)O)c3n(c2C1=O)C[C@H](N)[C@H]3O. The number of nitrogens with zero attached hydrogens (tertiary/aromatic N) is 1. The third-order valence-corrected chi connectivity index (χ3v) is 4.90. The van der Waals surface area contributed by atoms with Crippen LogP contribution in [-0.2, 0) is 22.4 Å². The fourth-order valence-electron chi connectivity index (χ4n) is 3.14. The molecule has 0 radical (unpaired) electrons. The molecule has 2 heterocycles. The third kappa shape index (κ3) is 2.14. The van der Waals surface area contributed by atoms with Gasteiger partial charge in [0.1, 0.15) is 17.6 Å². The molecule has 6 N–H and O–H groups in total. The van der Waals surface area contributed by atoms with Crippen LogP contribution in [0.15, 0.2) is 11.3 Å². The van der Waals surface area contributed by atoms with Crippen molar-refractivity contribution in [1.82, 2.24) is 4.57 Å². The number of carbonyl (C=O) groups is 2. The summed E-state index contributed by atoms with van der Waals surface area (Å²) in [7, 11) is -4.50. The lowest BCUT2D eigenvalue weighted by Crippen LogP contribution is -2.30. The Morgan fingerprint density at radius 1 is 1.30 bits per heavy atom. The van der Waals surface area contributed by atoms with Gasteiger partial charge in [-0.15, -0.1) is 0 Å². The quantitative estimate of drug-likeness (QED) is 0.490. The van der Waals surface area contributed by atoms with Crippen LogP contribution >= 0.6 is 0 Å². The predicted molar refractivity (Wildman–Crippen MR) is 78.2 cm³/mol. The van der Waals surface area contributed by atoms with E-state index in [1.807, 2.05) is 0 Å². The molecule has 1 aromatic rings. The fourth-order valence-corrected chi connectivity index (χ4v) is 3.80. The standard InChI is InChI=1S/C13H15N3O6S/c1-4-8(15)13(19)7-5(3-23(20,21)22)9-12(18)6(14)2-16(9)10(7)11(4)17/h6,12,18H,2-3,14-15H2,1H3,(H,20,21,22)/t6-,12+/m0/s1. The Balaban J connectivity index is 2.36. The van der Waals surface area contributed by atoms with E-state index in [4.69, 9.17) is 16.0 Å². The largest absolute Gasteiger partial charge is 0.395 e. The van der Waals surface area contributed by atoms with Crippen LogP contribution in [0.5, 0.6) is 0 Å². The zero-order chi connectivity index (χ0) is 17.3. The summed E-state index contributed by atoms with van der Waals surface area (Å²) < 4.78 is 33.1. The van der Waals surface area contributed by atoms with Crippen molar-refractivity contribution in [3.63, 3.8) is 0 Å². The van der Waals surface area contributed by atoms with Crippen LogP contribution in [0, 0.1) is 0 Å². The minimum Gasteiger partial charge on any atom is -0.395 e. The average molecular weight is 341 g/mol. The maximum absolute atomic E-state index is 12.5. The summed E-state index contributed by atoms with van der Waals surface area (Å²) in [5, 5.41) is 10.2. The highest BCUT2D eigenvalue weighted by atomic mass is 32.2. The lowest BCUT2D eigenvalue weighted by molar-refractivity contribution is 0.0967. The molecule has 1 aliphatic heterocycles. The van der Waals surface area contributed by atoms with Gasteiger partial charge < -0.3 is 21.1 Å². The summed E-state index contributed by atoms with van der Waals surface area (Å²) in [4.78, 5) is 24.9. The molecule has 1 aromatic heterocycles. The highest BCUT2D eigenvalue weighted by Gasteiger charge is 2.43. The predicted octanol–water partition coefficient (Wildman–Crippen LogP) is -1.14. The fraction of sp³-hybridized carbons (Fsp3) is 0.385. The zero-order valence-electron chi connectivity index (χ0n) is 12.1. The van der Waals surface area contributed by atoms with Gasteiger partial charge in [0.15, 0.2) is 0 Å². The second-order valence-corrected chi connectivity index (χ2v) is 7.18. The second-order valence-electron chi connectivity index (χ2n) is 5.73. The van der Waals surface area contributed by atoms with Crippen molar-refractivity contribution in [2.45, 2.75) is 31.4 Å². The first kappa shape index (κ1) is 15.9. The number of carbonyl (C=O) groups excluding carboxylic acids is 2. The Labute approximate surface area is 131 Å². The third-order valence-electron chi connectivity index (χ3n) is 4.25. The molecule has 124 valence electrons. The van der Waals surface area contributed by atoms with Crippen molar-refractivity contribution in [3.05, 3.63) is 33.8 Å². The zero-order valence-corrected chi connectivity index (χ0v) is 12.9. The first-order chi connectivity index (χ1) is 10.5. The van der Waals surface area contributed by atoms with Crippen molar-refractivity contribution in [2.24, 2.45) is 11.5 Å². The Kier molecular flexibility index (Phi) is 3.27. The number of aliphatic hydroxyl groups is 1. The van der Waals surface area contributed by atoms with E-state index >= 15 is 0 Å². The number of Topliss-reactive ketones (excluding diaryl/α,β-unsaturated/α-hetero) is 2. The van der Waals surface area contributed by atoms with E-state index in [1.165, 1.54) is 11.5 Å². The minimum absolute atomic E-state index is 0.0395. The molecule has 0 aromatic carbocycles.